The molecule has 2 atom stereocenters. The molecule has 0 spiro atoms. The van der Waals surface area contributed by atoms with E-state index in [1.54, 1.807) is 6.26 Å². The smallest absolute Gasteiger partial charge is 0.0937 e. The van der Waals surface area contributed by atoms with E-state index in [4.69, 9.17) is 10.2 Å². The monoisotopic (exact) mass is 165 g/mol. The van der Waals surface area contributed by atoms with Crippen LogP contribution in [0, 0.1) is 11.3 Å². The van der Waals surface area contributed by atoms with Crippen molar-refractivity contribution in [1.29, 1.82) is 0 Å². The molecule has 0 aliphatic heterocycles. The van der Waals surface area contributed by atoms with Crippen LogP contribution in [0.1, 0.15) is 25.3 Å². The molecule has 0 radical (unpaired) electrons. The van der Waals surface area contributed by atoms with Crippen LogP contribution >= 0.6 is 0 Å². The Hall–Kier alpha value is -0.760. The Labute approximate surface area is 72.7 Å². The fraction of sp³-hybridized carbons (Fsp3) is 0.600. The van der Waals surface area contributed by atoms with Crippen molar-refractivity contribution in [3.63, 3.8) is 0 Å². The minimum atomic E-state index is 0.374. The van der Waals surface area contributed by atoms with Gasteiger partial charge < -0.3 is 10.2 Å². The van der Waals surface area contributed by atoms with Crippen LogP contribution in [-0.2, 0) is 0 Å². The van der Waals surface area contributed by atoms with Gasteiger partial charge in [-0.05, 0) is 35.4 Å². The van der Waals surface area contributed by atoms with E-state index in [2.05, 4.69) is 13.8 Å². The molecule has 2 nitrogen and oxygen atoms in total. The predicted molar refractivity (Wildman–Crippen MR) is 47.8 cm³/mol. The van der Waals surface area contributed by atoms with E-state index in [-0.39, 0.29) is 0 Å². The number of hydrogen-bond donors (Lipinski definition) is 1. The van der Waals surface area contributed by atoms with E-state index in [1.165, 1.54) is 5.56 Å². The lowest BCUT2D eigenvalue weighted by Gasteiger charge is -1.98. The van der Waals surface area contributed by atoms with Crippen molar-refractivity contribution >= 4 is 0 Å². The summed E-state index contributed by atoms with van der Waals surface area (Å²) in [5, 5.41) is 0. The van der Waals surface area contributed by atoms with Crippen LogP contribution in [0.15, 0.2) is 23.0 Å². The Bertz CT molecular complexity index is 263. The minimum Gasteiger partial charge on any atom is -0.472 e. The third-order valence-electron chi connectivity index (χ3n) is 3.21. The summed E-state index contributed by atoms with van der Waals surface area (Å²) in [6, 6.07) is 2.04. The van der Waals surface area contributed by atoms with Gasteiger partial charge in [-0.1, -0.05) is 13.8 Å². The molecule has 2 heteroatoms. The Morgan fingerprint density at radius 2 is 2.33 bits per heavy atom. The van der Waals surface area contributed by atoms with Crippen molar-refractivity contribution in [3.05, 3.63) is 24.2 Å². The fourth-order valence-corrected chi connectivity index (χ4v) is 2.30. The van der Waals surface area contributed by atoms with Gasteiger partial charge in [0.05, 0.1) is 12.5 Å². The van der Waals surface area contributed by atoms with Crippen LogP contribution in [0.25, 0.3) is 0 Å². The standard InChI is InChI=1S/C10H15NO/c1-10(2)8(5-11)9(10)7-3-4-12-6-7/h3-4,6,8-9H,5,11H2,1-2H3/t8-,9-/m1/s1. The molecule has 1 aliphatic rings. The van der Waals surface area contributed by atoms with E-state index in [9.17, 15) is 0 Å². The lowest BCUT2D eigenvalue weighted by atomic mass is 10.1. The zero-order chi connectivity index (χ0) is 8.77. The molecule has 0 bridgehead atoms. The molecular weight excluding hydrogens is 150 g/mol. The highest BCUT2D eigenvalue weighted by molar-refractivity contribution is 5.28. The molecule has 2 rings (SSSR count). The maximum Gasteiger partial charge on any atom is 0.0937 e. The molecule has 1 aromatic rings. The highest BCUT2D eigenvalue weighted by Gasteiger charge is 2.57. The molecule has 2 N–H and O–H groups in total. The summed E-state index contributed by atoms with van der Waals surface area (Å²) in [5.74, 6) is 1.25. The van der Waals surface area contributed by atoms with Crippen molar-refractivity contribution in [2.75, 3.05) is 6.54 Å². The quantitative estimate of drug-likeness (QED) is 0.727. The maximum atomic E-state index is 5.68. The summed E-state index contributed by atoms with van der Waals surface area (Å²) in [5.41, 5.74) is 7.35. The second kappa shape index (κ2) is 2.36. The average molecular weight is 165 g/mol. The maximum absolute atomic E-state index is 5.68. The number of nitrogens with two attached hydrogens (primary N) is 1. The third kappa shape index (κ3) is 0.911. The number of rotatable bonds is 2. The largest absolute Gasteiger partial charge is 0.472 e. The summed E-state index contributed by atoms with van der Waals surface area (Å²) >= 11 is 0. The molecule has 1 aromatic heterocycles. The van der Waals surface area contributed by atoms with E-state index >= 15 is 0 Å². The lowest BCUT2D eigenvalue weighted by molar-refractivity contribution is 0.550. The molecule has 12 heavy (non-hydrogen) atoms. The Morgan fingerprint density at radius 1 is 1.58 bits per heavy atom. The van der Waals surface area contributed by atoms with E-state index in [0.29, 0.717) is 17.3 Å². The Morgan fingerprint density at radius 3 is 2.75 bits per heavy atom. The highest BCUT2D eigenvalue weighted by Crippen LogP contribution is 2.63. The van der Waals surface area contributed by atoms with Gasteiger partial charge in [0.25, 0.3) is 0 Å². The van der Waals surface area contributed by atoms with Gasteiger partial charge in [-0.2, -0.15) is 0 Å². The van der Waals surface area contributed by atoms with Crippen LogP contribution in [0.3, 0.4) is 0 Å². The molecule has 1 heterocycles. The van der Waals surface area contributed by atoms with Crippen molar-refractivity contribution in [1.82, 2.24) is 0 Å². The first-order valence-corrected chi connectivity index (χ1v) is 4.40. The molecule has 0 aromatic carbocycles. The molecule has 1 aliphatic carbocycles. The van der Waals surface area contributed by atoms with E-state index in [0.717, 1.165) is 6.54 Å². The molecule has 0 saturated heterocycles. The lowest BCUT2D eigenvalue weighted by Crippen LogP contribution is -2.05. The van der Waals surface area contributed by atoms with Gasteiger partial charge in [0, 0.05) is 0 Å². The third-order valence-corrected chi connectivity index (χ3v) is 3.21. The number of furan rings is 1. The van der Waals surface area contributed by atoms with Gasteiger partial charge in [0.15, 0.2) is 0 Å². The van der Waals surface area contributed by atoms with Crippen molar-refractivity contribution in [2.24, 2.45) is 17.1 Å². The van der Waals surface area contributed by atoms with Crippen molar-refractivity contribution in [3.8, 4) is 0 Å². The normalized spacial score (nSPS) is 31.9. The first-order chi connectivity index (χ1) is 5.68. The molecule has 0 amide bonds. The van der Waals surface area contributed by atoms with Crippen LogP contribution in [0.5, 0.6) is 0 Å². The zero-order valence-electron chi connectivity index (χ0n) is 7.58. The van der Waals surface area contributed by atoms with E-state index < -0.39 is 0 Å². The highest BCUT2D eigenvalue weighted by atomic mass is 16.3. The van der Waals surface area contributed by atoms with Gasteiger partial charge in [-0.25, -0.2) is 0 Å². The first kappa shape index (κ1) is 7.87. The summed E-state index contributed by atoms with van der Waals surface area (Å²) < 4.78 is 5.06. The molecule has 66 valence electrons. The van der Waals surface area contributed by atoms with Crippen molar-refractivity contribution in [2.45, 2.75) is 19.8 Å². The second-order valence-corrected chi connectivity index (χ2v) is 4.20. The Balaban J connectivity index is 2.19. The van der Waals surface area contributed by atoms with Gasteiger partial charge in [-0.3, -0.25) is 0 Å². The number of hydrogen-bond acceptors (Lipinski definition) is 2. The topological polar surface area (TPSA) is 39.2 Å². The van der Waals surface area contributed by atoms with Gasteiger partial charge in [0.2, 0.25) is 0 Å². The first-order valence-electron chi connectivity index (χ1n) is 4.40. The predicted octanol–water partition coefficient (Wildman–Crippen LogP) is 1.98. The van der Waals surface area contributed by atoms with E-state index in [1.807, 2.05) is 12.3 Å². The zero-order valence-corrected chi connectivity index (χ0v) is 7.58. The van der Waals surface area contributed by atoms with Crippen LogP contribution in [0.4, 0.5) is 0 Å². The van der Waals surface area contributed by atoms with Crippen LogP contribution in [-0.4, -0.2) is 6.54 Å². The van der Waals surface area contributed by atoms with Crippen LogP contribution < -0.4 is 5.73 Å². The molecule has 0 unspecified atom stereocenters. The SMILES string of the molecule is CC1(C)[C@H](CN)[C@H]1c1ccoc1. The second-order valence-electron chi connectivity index (χ2n) is 4.20. The molecule has 1 saturated carbocycles. The van der Waals surface area contributed by atoms with Gasteiger partial charge in [-0.15, -0.1) is 0 Å². The van der Waals surface area contributed by atoms with Crippen molar-refractivity contribution < 1.29 is 4.42 Å². The summed E-state index contributed by atoms with van der Waals surface area (Å²) in [4.78, 5) is 0. The van der Waals surface area contributed by atoms with Gasteiger partial charge >= 0.3 is 0 Å². The molecular formula is C10H15NO. The summed E-state index contributed by atoms with van der Waals surface area (Å²) in [6.45, 7) is 5.31. The van der Waals surface area contributed by atoms with Crippen LogP contribution in [0.2, 0.25) is 0 Å². The summed E-state index contributed by atoms with van der Waals surface area (Å²) in [7, 11) is 0. The minimum absolute atomic E-state index is 0.374. The Kier molecular flexibility index (Phi) is 1.55. The fourth-order valence-electron chi connectivity index (χ4n) is 2.30. The summed E-state index contributed by atoms with van der Waals surface area (Å²) in [6.07, 6.45) is 3.57. The van der Waals surface area contributed by atoms with Gasteiger partial charge in [0.1, 0.15) is 0 Å². The molecule has 1 fully saturated rings. The average Bonchev–Trinajstić information content (AvgIpc) is 2.50.